The lowest BCUT2D eigenvalue weighted by Crippen LogP contribution is -2.41. The Morgan fingerprint density at radius 1 is 1.37 bits per heavy atom. The molecule has 1 N–H and O–H groups in total. The van der Waals surface area contributed by atoms with Crippen molar-refractivity contribution in [3.63, 3.8) is 0 Å². The normalized spacial score (nSPS) is 17.2. The number of thiazole rings is 1. The number of carboxylic acids is 1. The Bertz CT molecular complexity index is 989. The quantitative estimate of drug-likeness (QED) is 0.739. The van der Waals surface area contributed by atoms with E-state index >= 15 is 0 Å². The van der Waals surface area contributed by atoms with Gasteiger partial charge < -0.3 is 14.4 Å². The number of piperidine rings is 1. The zero-order valence-electron chi connectivity index (χ0n) is 14.7. The van der Waals surface area contributed by atoms with Crippen molar-refractivity contribution >= 4 is 23.2 Å². The Morgan fingerprint density at radius 2 is 2.22 bits per heavy atom. The standard InChI is InChI=1S/C18H18N4O4S/c1-11-4-5-15(26-11)16-20-14(10-27-16)17(23)21-6-2-3-13(9-21)22-8-12(7-19-22)18(24)25/h4-5,7-8,10,13H,2-3,6,9H2,1H3,(H,24,25). The number of rotatable bonds is 4. The second-order valence-electron chi connectivity index (χ2n) is 6.51. The lowest BCUT2D eigenvalue weighted by Gasteiger charge is -2.32. The largest absolute Gasteiger partial charge is 0.478 e. The predicted octanol–water partition coefficient (Wildman–Crippen LogP) is 3.08. The summed E-state index contributed by atoms with van der Waals surface area (Å²) in [7, 11) is 0. The molecule has 0 saturated carbocycles. The highest BCUT2D eigenvalue weighted by atomic mass is 32.1. The number of hydrogen-bond acceptors (Lipinski definition) is 6. The van der Waals surface area contributed by atoms with E-state index in [4.69, 9.17) is 9.52 Å². The number of nitrogens with zero attached hydrogens (tertiary/aromatic N) is 4. The topological polar surface area (TPSA) is 101 Å². The zero-order chi connectivity index (χ0) is 19.0. The molecule has 1 unspecified atom stereocenters. The van der Waals surface area contributed by atoms with E-state index in [0.717, 1.165) is 18.6 Å². The molecule has 8 nitrogen and oxygen atoms in total. The lowest BCUT2D eigenvalue weighted by atomic mass is 10.1. The van der Waals surface area contributed by atoms with Gasteiger partial charge in [0, 0.05) is 24.7 Å². The van der Waals surface area contributed by atoms with Crippen molar-refractivity contribution in [1.29, 1.82) is 0 Å². The minimum absolute atomic E-state index is 0.0402. The van der Waals surface area contributed by atoms with Gasteiger partial charge >= 0.3 is 5.97 Å². The van der Waals surface area contributed by atoms with E-state index in [1.807, 2.05) is 19.1 Å². The van der Waals surface area contributed by atoms with Crippen LogP contribution in [0.5, 0.6) is 0 Å². The van der Waals surface area contributed by atoms with Crippen LogP contribution in [-0.4, -0.2) is 49.7 Å². The Hall–Kier alpha value is -2.94. The van der Waals surface area contributed by atoms with Crippen LogP contribution in [0.25, 0.3) is 10.8 Å². The molecule has 4 heterocycles. The molecule has 0 aliphatic carbocycles. The number of carboxylic acid groups (broad SMARTS) is 1. The number of hydrogen-bond donors (Lipinski definition) is 1. The smallest absolute Gasteiger partial charge is 0.338 e. The number of aromatic nitrogens is 3. The first-order valence-corrected chi connectivity index (χ1v) is 9.48. The summed E-state index contributed by atoms with van der Waals surface area (Å²) in [4.78, 5) is 30.1. The molecule has 1 aliphatic heterocycles. The van der Waals surface area contributed by atoms with Gasteiger partial charge in [0.25, 0.3) is 5.91 Å². The molecule has 4 rings (SSSR count). The number of aromatic carboxylic acids is 1. The van der Waals surface area contributed by atoms with Gasteiger partial charge in [-0.2, -0.15) is 5.10 Å². The number of carbonyl (C=O) groups excluding carboxylic acids is 1. The van der Waals surface area contributed by atoms with Crippen molar-refractivity contribution in [3.8, 4) is 10.8 Å². The number of aryl methyl sites for hydroxylation is 1. The Morgan fingerprint density at radius 3 is 2.93 bits per heavy atom. The van der Waals surface area contributed by atoms with Crippen LogP contribution < -0.4 is 0 Å². The highest BCUT2D eigenvalue weighted by Gasteiger charge is 2.28. The van der Waals surface area contributed by atoms with E-state index in [2.05, 4.69) is 10.1 Å². The lowest BCUT2D eigenvalue weighted by molar-refractivity contribution is 0.0662. The van der Waals surface area contributed by atoms with Gasteiger partial charge in [0.15, 0.2) is 10.8 Å². The van der Waals surface area contributed by atoms with Crippen LogP contribution in [0.4, 0.5) is 0 Å². The molecule has 0 spiro atoms. The van der Waals surface area contributed by atoms with Crippen molar-refractivity contribution in [3.05, 3.63) is 46.9 Å². The molecule has 1 saturated heterocycles. The maximum Gasteiger partial charge on any atom is 0.338 e. The molecule has 9 heteroatoms. The van der Waals surface area contributed by atoms with Gasteiger partial charge in [-0.3, -0.25) is 9.48 Å². The summed E-state index contributed by atoms with van der Waals surface area (Å²) in [6.07, 6.45) is 4.52. The second-order valence-corrected chi connectivity index (χ2v) is 7.37. The first kappa shape index (κ1) is 17.5. The molecule has 0 aromatic carbocycles. The summed E-state index contributed by atoms with van der Waals surface area (Å²) in [6.45, 7) is 2.99. The third-order valence-corrected chi connectivity index (χ3v) is 5.44. The molecule has 1 fully saturated rings. The summed E-state index contributed by atoms with van der Waals surface area (Å²) < 4.78 is 7.21. The molecular weight excluding hydrogens is 368 g/mol. The van der Waals surface area contributed by atoms with Gasteiger partial charge in [-0.1, -0.05) is 0 Å². The van der Waals surface area contributed by atoms with Crippen molar-refractivity contribution in [2.45, 2.75) is 25.8 Å². The highest BCUT2D eigenvalue weighted by Crippen LogP contribution is 2.27. The first-order chi connectivity index (χ1) is 13.0. The maximum atomic E-state index is 12.9. The predicted molar refractivity (Wildman–Crippen MR) is 97.9 cm³/mol. The summed E-state index contributed by atoms with van der Waals surface area (Å²) >= 11 is 1.38. The Kier molecular flexibility index (Phi) is 4.53. The minimum Gasteiger partial charge on any atom is -0.478 e. The van der Waals surface area contributed by atoms with Crippen LogP contribution in [0.15, 0.2) is 34.3 Å². The van der Waals surface area contributed by atoms with Crippen LogP contribution in [-0.2, 0) is 0 Å². The third-order valence-electron chi connectivity index (χ3n) is 4.58. The molecule has 27 heavy (non-hydrogen) atoms. The molecule has 1 aliphatic rings. The van der Waals surface area contributed by atoms with Crippen LogP contribution in [0.2, 0.25) is 0 Å². The fourth-order valence-corrected chi connectivity index (χ4v) is 3.95. The monoisotopic (exact) mass is 386 g/mol. The first-order valence-electron chi connectivity index (χ1n) is 8.60. The minimum atomic E-state index is -1.01. The molecule has 140 valence electrons. The van der Waals surface area contributed by atoms with Crippen molar-refractivity contribution < 1.29 is 19.1 Å². The van der Waals surface area contributed by atoms with Crippen molar-refractivity contribution in [2.75, 3.05) is 13.1 Å². The van der Waals surface area contributed by atoms with Gasteiger partial charge in [0.2, 0.25) is 0 Å². The SMILES string of the molecule is Cc1ccc(-c2nc(C(=O)N3CCCC(n4cc(C(=O)O)cn4)C3)cs2)o1. The molecule has 1 atom stereocenters. The van der Waals surface area contributed by atoms with Crippen LogP contribution in [0, 0.1) is 6.92 Å². The third kappa shape index (κ3) is 3.50. The van der Waals surface area contributed by atoms with Gasteiger partial charge in [-0.05, 0) is 31.9 Å². The van der Waals surface area contributed by atoms with Crippen molar-refractivity contribution in [2.24, 2.45) is 0 Å². The van der Waals surface area contributed by atoms with Gasteiger partial charge in [-0.15, -0.1) is 11.3 Å². The van der Waals surface area contributed by atoms with E-state index < -0.39 is 5.97 Å². The molecule has 0 bridgehead atoms. The van der Waals surface area contributed by atoms with Gasteiger partial charge in [0.05, 0.1) is 17.8 Å². The number of likely N-dealkylation sites (tertiary alicyclic amines) is 1. The average molecular weight is 386 g/mol. The summed E-state index contributed by atoms with van der Waals surface area (Å²) in [5.41, 5.74) is 0.549. The summed E-state index contributed by atoms with van der Waals surface area (Å²) in [6, 6.07) is 3.67. The fourth-order valence-electron chi connectivity index (χ4n) is 3.20. The van der Waals surface area contributed by atoms with E-state index in [1.165, 1.54) is 23.7 Å². The van der Waals surface area contributed by atoms with E-state index in [-0.39, 0.29) is 17.5 Å². The molecule has 3 aromatic rings. The van der Waals surface area contributed by atoms with E-state index in [9.17, 15) is 9.59 Å². The fraction of sp³-hybridized carbons (Fsp3) is 0.333. The van der Waals surface area contributed by atoms with Crippen LogP contribution in [0.3, 0.4) is 0 Å². The number of carbonyl (C=O) groups is 2. The number of furan rings is 1. The van der Waals surface area contributed by atoms with Gasteiger partial charge in [-0.25, -0.2) is 9.78 Å². The van der Waals surface area contributed by atoms with E-state index in [0.29, 0.717) is 29.6 Å². The van der Waals surface area contributed by atoms with E-state index in [1.54, 1.807) is 15.0 Å². The van der Waals surface area contributed by atoms with Crippen LogP contribution in [0.1, 0.15) is 45.5 Å². The van der Waals surface area contributed by atoms with Gasteiger partial charge in [0.1, 0.15) is 11.5 Å². The number of amides is 1. The summed E-state index contributed by atoms with van der Waals surface area (Å²) in [5, 5.41) is 15.6. The molecule has 1 amide bonds. The molecule has 0 radical (unpaired) electrons. The molecular formula is C18H18N4O4S. The Labute approximate surface area is 159 Å². The molecule has 3 aromatic heterocycles. The highest BCUT2D eigenvalue weighted by molar-refractivity contribution is 7.13. The maximum absolute atomic E-state index is 12.9. The van der Waals surface area contributed by atoms with Crippen molar-refractivity contribution in [1.82, 2.24) is 19.7 Å². The second kappa shape index (κ2) is 6.99. The zero-order valence-corrected chi connectivity index (χ0v) is 15.5. The average Bonchev–Trinajstić information content (AvgIpc) is 3.41. The Balaban J connectivity index is 1.48. The summed E-state index contributed by atoms with van der Waals surface area (Å²) in [5.74, 6) is 0.321. The van der Waals surface area contributed by atoms with Crippen LogP contribution >= 0.6 is 11.3 Å².